The quantitative estimate of drug-likeness (QED) is 0.432. The number of hydrogen-bond donors (Lipinski definition) is 4. The van der Waals surface area contributed by atoms with E-state index in [4.69, 9.17) is 9.47 Å². The first-order valence-corrected chi connectivity index (χ1v) is 11.0. The fourth-order valence-electron chi connectivity index (χ4n) is 5.52. The van der Waals surface area contributed by atoms with E-state index in [1.165, 1.54) is 0 Å². The molecule has 4 N–H and O–H groups in total. The second-order valence-corrected chi connectivity index (χ2v) is 8.94. The molecule has 3 aromatic rings. The van der Waals surface area contributed by atoms with E-state index in [1.807, 2.05) is 38.1 Å². The monoisotopic (exact) mass is 456 g/mol. The average molecular weight is 456 g/mol. The molecule has 6 heterocycles. The lowest BCUT2D eigenvalue weighted by Crippen LogP contribution is -2.21. The molecular weight excluding hydrogens is 436 g/mol. The van der Waals surface area contributed by atoms with E-state index in [0.717, 1.165) is 45.0 Å². The van der Waals surface area contributed by atoms with Gasteiger partial charge in [0, 0.05) is 34.4 Å². The zero-order valence-corrected chi connectivity index (χ0v) is 18.4. The van der Waals surface area contributed by atoms with Crippen LogP contribution in [-0.4, -0.2) is 45.5 Å². The lowest BCUT2D eigenvalue weighted by molar-refractivity contribution is -0.137. The number of ether oxygens (including phenoxy) is 2. The number of carbonyl (C=O) groups excluding carboxylic acids is 2. The summed E-state index contributed by atoms with van der Waals surface area (Å²) in [5.74, 6) is 0.207. The summed E-state index contributed by atoms with van der Waals surface area (Å²) in [6.45, 7) is 4.31. The van der Waals surface area contributed by atoms with E-state index >= 15 is 0 Å². The van der Waals surface area contributed by atoms with Gasteiger partial charge >= 0.3 is 11.9 Å². The van der Waals surface area contributed by atoms with Crippen LogP contribution >= 0.6 is 0 Å². The van der Waals surface area contributed by atoms with Crippen molar-refractivity contribution in [3.63, 3.8) is 0 Å². The molecule has 0 unspecified atom stereocenters. The maximum absolute atomic E-state index is 12.6. The van der Waals surface area contributed by atoms with Gasteiger partial charge in [-0.25, -0.2) is 9.59 Å². The van der Waals surface area contributed by atoms with Crippen LogP contribution in [0, 0.1) is 13.8 Å². The van der Waals surface area contributed by atoms with Gasteiger partial charge < -0.3 is 20.1 Å². The first-order valence-electron chi connectivity index (χ1n) is 11.0. The molecular formula is C24H20N6O4. The van der Waals surface area contributed by atoms with Crippen molar-refractivity contribution in [1.29, 1.82) is 0 Å². The molecule has 0 aliphatic carbocycles. The van der Waals surface area contributed by atoms with Crippen LogP contribution in [0.2, 0.25) is 0 Å². The first kappa shape index (κ1) is 19.2. The Balaban J connectivity index is 1.35. The third-order valence-electron chi connectivity index (χ3n) is 7.07. The molecule has 0 radical (unpaired) electrons. The molecule has 0 fully saturated rings. The number of anilines is 2. The smallest absolute Gasteiger partial charge is 0.337 e. The number of hydrogen-bond acceptors (Lipinski definition) is 8. The van der Waals surface area contributed by atoms with Crippen LogP contribution in [0.1, 0.15) is 45.5 Å². The highest BCUT2D eigenvalue weighted by Gasteiger charge is 2.42. The van der Waals surface area contributed by atoms with Gasteiger partial charge in [0.25, 0.3) is 0 Å². The second-order valence-electron chi connectivity index (χ2n) is 8.94. The number of cyclic esters (lactones) is 2. The molecule has 0 amide bonds. The zero-order valence-electron chi connectivity index (χ0n) is 18.4. The molecule has 0 saturated heterocycles. The Morgan fingerprint density at radius 3 is 1.56 bits per heavy atom. The summed E-state index contributed by atoms with van der Waals surface area (Å²) in [5, 5.41) is 21.3. The molecule has 0 saturated carbocycles. The lowest BCUT2D eigenvalue weighted by atomic mass is 9.79. The predicted octanol–water partition coefficient (Wildman–Crippen LogP) is 2.49. The number of rotatable bonds is 2. The van der Waals surface area contributed by atoms with Crippen molar-refractivity contribution in [1.82, 2.24) is 20.4 Å². The Morgan fingerprint density at radius 1 is 0.735 bits per heavy atom. The van der Waals surface area contributed by atoms with Gasteiger partial charge in [0.2, 0.25) is 0 Å². The lowest BCUT2D eigenvalue weighted by Gasteiger charge is -2.26. The highest BCUT2D eigenvalue weighted by Crippen LogP contribution is 2.47. The molecule has 10 nitrogen and oxygen atoms in total. The summed E-state index contributed by atoms with van der Waals surface area (Å²) < 4.78 is 10.7. The van der Waals surface area contributed by atoms with Crippen LogP contribution in [-0.2, 0) is 19.1 Å². The highest BCUT2D eigenvalue weighted by molar-refractivity contribution is 5.98. The molecule has 170 valence electrons. The summed E-state index contributed by atoms with van der Waals surface area (Å²) in [6.07, 6.45) is 0. The first-order chi connectivity index (χ1) is 16.5. The Bertz CT molecular complexity index is 1360. The fraction of sp³-hybridized carbons (Fsp3) is 0.250. The van der Waals surface area contributed by atoms with Gasteiger partial charge in [-0.15, -0.1) is 0 Å². The van der Waals surface area contributed by atoms with Crippen molar-refractivity contribution in [3.8, 4) is 0 Å². The number of H-pyrrole nitrogens is 2. The van der Waals surface area contributed by atoms with E-state index in [9.17, 15) is 9.59 Å². The second kappa shape index (κ2) is 6.60. The maximum atomic E-state index is 12.6. The molecule has 1 aromatic carbocycles. The van der Waals surface area contributed by atoms with Gasteiger partial charge in [-0.05, 0) is 25.0 Å². The molecule has 4 aliphatic heterocycles. The van der Waals surface area contributed by atoms with E-state index in [-0.39, 0.29) is 37.0 Å². The molecule has 10 heteroatoms. The Kier molecular flexibility index (Phi) is 3.72. The summed E-state index contributed by atoms with van der Waals surface area (Å²) in [4.78, 5) is 25.3. The van der Waals surface area contributed by atoms with E-state index < -0.39 is 0 Å². The number of benzene rings is 1. The van der Waals surface area contributed by atoms with Gasteiger partial charge in [0.05, 0.1) is 22.5 Å². The van der Waals surface area contributed by atoms with Crippen molar-refractivity contribution >= 4 is 23.6 Å². The molecule has 2 atom stereocenters. The number of aromatic nitrogens is 4. The minimum atomic E-state index is -0.316. The minimum absolute atomic E-state index is 0.213. The van der Waals surface area contributed by atoms with Crippen LogP contribution in [0.3, 0.4) is 0 Å². The molecule has 0 spiro atoms. The normalized spacial score (nSPS) is 22.4. The van der Waals surface area contributed by atoms with Crippen LogP contribution < -0.4 is 10.6 Å². The largest absolute Gasteiger partial charge is 0.456 e. The average Bonchev–Trinajstić information content (AvgIpc) is 3.60. The van der Waals surface area contributed by atoms with Crippen molar-refractivity contribution in [2.45, 2.75) is 25.7 Å². The van der Waals surface area contributed by atoms with Gasteiger partial charge in [-0.2, -0.15) is 10.2 Å². The number of aromatic amines is 2. The summed E-state index contributed by atoms with van der Waals surface area (Å²) in [5.41, 5.74) is 8.28. The fourth-order valence-corrected chi connectivity index (χ4v) is 5.52. The highest BCUT2D eigenvalue weighted by atomic mass is 16.5. The Labute approximate surface area is 193 Å². The van der Waals surface area contributed by atoms with Crippen LogP contribution in [0.4, 0.5) is 11.6 Å². The maximum Gasteiger partial charge on any atom is 0.337 e. The van der Waals surface area contributed by atoms with E-state index in [1.54, 1.807) is 0 Å². The van der Waals surface area contributed by atoms with Crippen LogP contribution in [0.15, 0.2) is 46.8 Å². The summed E-state index contributed by atoms with van der Waals surface area (Å²) in [6, 6.07) is 8.04. The van der Waals surface area contributed by atoms with Crippen molar-refractivity contribution in [2.75, 3.05) is 23.8 Å². The third-order valence-corrected chi connectivity index (χ3v) is 7.07. The van der Waals surface area contributed by atoms with Crippen LogP contribution in [0.25, 0.3) is 0 Å². The molecule has 34 heavy (non-hydrogen) atoms. The van der Waals surface area contributed by atoms with Crippen LogP contribution in [0.5, 0.6) is 0 Å². The Hall–Kier alpha value is -4.34. The summed E-state index contributed by atoms with van der Waals surface area (Å²) >= 11 is 0. The van der Waals surface area contributed by atoms with Gasteiger partial charge in [-0.1, -0.05) is 24.3 Å². The minimum Gasteiger partial charge on any atom is -0.456 e. The van der Waals surface area contributed by atoms with Gasteiger partial charge in [0.1, 0.15) is 13.2 Å². The number of carbonyl (C=O) groups is 2. The predicted molar refractivity (Wildman–Crippen MR) is 120 cm³/mol. The number of nitrogens with one attached hydrogen (secondary N) is 4. The molecule has 2 aromatic heterocycles. The molecule has 0 bridgehead atoms. The standard InChI is InChI=1S/C24H20N6O4/c1-9-15-17(19-13(7-33-23(19)31)25-21(15)29-27-9)11-3-5-12(6-4-11)18-16-10(2)28-30-22(16)26-14-8-34-24(32)20(14)18/h3-6,17-18H,7-8H2,1-2H3,(H2,25,27,29)(H2,26,28,30)/t17-,18+. The SMILES string of the molecule is Cc1[nH]nc2c1[C@@H](c1ccc([C@@H]3C4=C(COC4=O)Nc4n[nH]c(C)c43)cc1)C1=C(COC1=O)N2. The van der Waals surface area contributed by atoms with E-state index in [0.29, 0.717) is 22.8 Å². The van der Waals surface area contributed by atoms with Gasteiger partial charge in [0.15, 0.2) is 11.6 Å². The van der Waals surface area contributed by atoms with Crippen molar-refractivity contribution in [2.24, 2.45) is 0 Å². The molecule has 4 aliphatic rings. The van der Waals surface area contributed by atoms with E-state index in [2.05, 4.69) is 31.0 Å². The number of esters is 2. The molecule has 7 rings (SSSR count). The number of nitrogens with zero attached hydrogens (tertiary/aromatic N) is 2. The van der Waals surface area contributed by atoms with Crippen molar-refractivity contribution in [3.05, 3.63) is 80.4 Å². The topological polar surface area (TPSA) is 134 Å². The number of fused-ring (bicyclic) bond motifs is 2. The third kappa shape index (κ3) is 2.45. The number of aryl methyl sites for hydroxylation is 2. The van der Waals surface area contributed by atoms with Crippen molar-refractivity contribution < 1.29 is 19.1 Å². The summed E-state index contributed by atoms with van der Waals surface area (Å²) in [7, 11) is 0. The Morgan fingerprint density at radius 2 is 1.15 bits per heavy atom. The van der Waals surface area contributed by atoms with Gasteiger partial charge in [-0.3, -0.25) is 10.2 Å². The zero-order chi connectivity index (χ0) is 23.1.